The Labute approximate surface area is 175 Å². The number of unbranched alkanes of at least 4 members (excludes halogenated alkanes) is 2. The fourth-order valence-electron chi connectivity index (χ4n) is 3.05. The molecular formula is C19H33IN4O2. The molecule has 0 atom stereocenters. The molecular weight excluding hydrogens is 443 g/mol. The van der Waals surface area contributed by atoms with E-state index in [0.717, 1.165) is 63.9 Å². The highest BCUT2D eigenvalue weighted by Gasteiger charge is 2.19. The van der Waals surface area contributed by atoms with Crippen molar-refractivity contribution in [1.82, 2.24) is 10.2 Å². The Morgan fingerprint density at radius 2 is 1.73 bits per heavy atom. The lowest BCUT2D eigenvalue weighted by molar-refractivity contribution is 0.192. The number of halogens is 1. The Balaban J connectivity index is 0.00000338. The molecule has 0 aromatic heterocycles. The number of methoxy groups -OCH3 is 2. The maximum Gasteiger partial charge on any atom is 0.193 e. The molecule has 6 nitrogen and oxygen atoms in total. The molecule has 148 valence electrons. The summed E-state index contributed by atoms with van der Waals surface area (Å²) >= 11 is 0. The zero-order valence-electron chi connectivity index (χ0n) is 16.2. The normalized spacial score (nSPS) is 14.8. The zero-order valence-corrected chi connectivity index (χ0v) is 18.6. The van der Waals surface area contributed by atoms with Gasteiger partial charge in [-0.1, -0.05) is 0 Å². The molecule has 1 N–H and O–H groups in total. The van der Waals surface area contributed by atoms with Gasteiger partial charge in [0.2, 0.25) is 0 Å². The van der Waals surface area contributed by atoms with Crippen molar-refractivity contribution in [2.75, 3.05) is 65.5 Å². The number of aliphatic imine (C=N–C) groups is 1. The second-order valence-electron chi connectivity index (χ2n) is 6.20. The van der Waals surface area contributed by atoms with Crippen molar-refractivity contribution in [3.8, 4) is 5.75 Å². The monoisotopic (exact) mass is 476 g/mol. The molecule has 7 heteroatoms. The van der Waals surface area contributed by atoms with Gasteiger partial charge in [-0.15, -0.1) is 24.0 Å². The number of rotatable bonds is 8. The van der Waals surface area contributed by atoms with Crippen LogP contribution in [0.1, 0.15) is 19.3 Å². The summed E-state index contributed by atoms with van der Waals surface area (Å²) in [6.45, 7) is 5.78. The maximum absolute atomic E-state index is 5.23. The van der Waals surface area contributed by atoms with Crippen LogP contribution in [0.4, 0.5) is 5.69 Å². The molecule has 1 saturated heterocycles. The number of nitrogens with zero attached hydrogens (tertiary/aromatic N) is 3. The first-order chi connectivity index (χ1) is 12.3. The van der Waals surface area contributed by atoms with Crippen LogP contribution in [0.25, 0.3) is 0 Å². The number of anilines is 1. The van der Waals surface area contributed by atoms with Gasteiger partial charge in [0.25, 0.3) is 0 Å². The van der Waals surface area contributed by atoms with Gasteiger partial charge in [-0.05, 0) is 43.5 Å². The second-order valence-corrected chi connectivity index (χ2v) is 6.20. The Morgan fingerprint density at radius 3 is 2.31 bits per heavy atom. The van der Waals surface area contributed by atoms with E-state index in [-0.39, 0.29) is 24.0 Å². The molecule has 26 heavy (non-hydrogen) atoms. The summed E-state index contributed by atoms with van der Waals surface area (Å²) in [7, 11) is 5.32. The van der Waals surface area contributed by atoms with Crippen LogP contribution in [0, 0.1) is 0 Å². The molecule has 0 saturated carbocycles. The third-order valence-electron chi connectivity index (χ3n) is 4.54. The highest BCUT2D eigenvalue weighted by atomic mass is 127. The SMILES string of the molecule is CN=C(NCCCCCOC)N1CCN(c2ccc(OC)cc2)CC1.I. The van der Waals surface area contributed by atoms with Gasteiger partial charge in [-0.3, -0.25) is 4.99 Å². The van der Waals surface area contributed by atoms with E-state index in [1.54, 1.807) is 14.2 Å². The number of hydrogen-bond donors (Lipinski definition) is 1. The number of nitrogens with one attached hydrogen (secondary N) is 1. The highest BCUT2D eigenvalue weighted by molar-refractivity contribution is 14.0. The Kier molecular flexibility index (Phi) is 11.4. The third kappa shape index (κ3) is 7.19. The minimum atomic E-state index is 0. The summed E-state index contributed by atoms with van der Waals surface area (Å²) < 4.78 is 10.3. The topological polar surface area (TPSA) is 49.3 Å². The largest absolute Gasteiger partial charge is 0.497 e. The van der Waals surface area contributed by atoms with E-state index in [9.17, 15) is 0 Å². The number of ether oxygens (including phenoxy) is 2. The number of benzene rings is 1. The summed E-state index contributed by atoms with van der Waals surface area (Å²) in [6, 6.07) is 8.29. The van der Waals surface area contributed by atoms with E-state index in [1.165, 1.54) is 12.1 Å². The van der Waals surface area contributed by atoms with E-state index < -0.39 is 0 Å². The van der Waals surface area contributed by atoms with Crippen molar-refractivity contribution in [2.24, 2.45) is 4.99 Å². The standard InChI is InChI=1S/C19H32N4O2.HI/c1-20-19(21-11-5-4-6-16-24-2)23-14-12-22(13-15-23)17-7-9-18(25-3)10-8-17;/h7-10H,4-6,11-16H2,1-3H3,(H,20,21);1H. The molecule has 0 spiro atoms. The molecule has 2 rings (SSSR count). The van der Waals surface area contributed by atoms with Crippen molar-refractivity contribution in [3.63, 3.8) is 0 Å². The maximum atomic E-state index is 5.23. The van der Waals surface area contributed by atoms with Gasteiger partial charge in [-0.25, -0.2) is 0 Å². The Hall–Kier alpha value is -1.22. The lowest BCUT2D eigenvalue weighted by atomic mass is 10.2. The molecule has 1 aromatic carbocycles. The first kappa shape index (κ1) is 22.8. The fourth-order valence-corrected chi connectivity index (χ4v) is 3.05. The molecule has 0 radical (unpaired) electrons. The third-order valence-corrected chi connectivity index (χ3v) is 4.54. The summed E-state index contributed by atoms with van der Waals surface area (Å²) in [5.74, 6) is 1.92. The van der Waals surface area contributed by atoms with Crippen LogP contribution in [0.5, 0.6) is 5.75 Å². The van der Waals surface area contributed by atoms with Crippen molar-refractivity contribution in [3.05, 3.63) is 24.3 Å². The molecule has 1 aliphatic rings. The van der Waals surface area contributed by atoms with Crippen molar-refractivity contribution >= 4 is 35.6 Å². The van der Waals surface area contributed by atoms with E-state index in [4.69, 9.17) is 9.47 Å². The predicted octanol–water partition coefficient (Wildman–Crippen LogP) is 2.83. The van der Waals surface area contributed by atoms with Crippen LogP contribution in [0.2, 0.25) is 0 Å². The van der Waals surface area contributed by atoms with Crippen LogP contribution in [0.3, 0.4) is 0 Å². The quantitative estimate of drug-likeness (QED) is 0.271. The highest BCUT2D eigenvalue weighted by Crippen LogP contribution is 2.20. The first-order valence-corrected chi connectivity index (χ1v) is 9.12. The number of hydrogen-bond acceptors (Lipinski definition) is 4. The molecule has 0 bridgehead atoms. The molecule has 1 fully saturated rings. The summed E-state index contributed by atoms with van der Waals surface area (Å²) in [6.07, 6.45) is 3.45. The zero-order chi connectivity index (χ0) is 17.9. The smallest absolute Gasteiger partial charge is 0.193 e. The van der Waals surface area contributed by atoms with Gasteiger partial charge < -0.3 is 24.6 Å². The Morgan fingerprint density at radius 1 is 1.04 bits per heavy atom. The van der Waals surface area contributed by atoms with Crippen molar-refractivity contribution in [2.45, 2.75) is 19.3 Å². The molecule has 1 aliphatic heterocycles. The van der Waals surface area contributed by atoms with E-state index in [0.29, 0.717) is 0 Å². The summed E-state index contributed by atoms with van der Waals surface area (Å²) in [5, 5.41) is 3.49. The van der Waals surface area contributed by atoms with Gasteiger partial charge >= 0.3 is 0 Å². The van der Waals surface area contributed by atoms with Crippen molar-refractivity contribution < 1.29 is 9.47 Å². The minimum Gasteiger partial charge on any atom is -0.497 e. The molecule has 0 unspecified atom stereocenters. The Bertz CT molecular complexity index is 517. The van der Waals surface area contributed by atoms with E-state index in [2.05, 4.69) is 32.2 Å². The molecule has 0 aliphatic carbocycles. The summed E-state index contributed by atoms with van der Waals surface area (Å²) in [5.41, 5.74) is 1.25. The number of piperazine rings is 1. The van der Waals surface area contributed by atoms with Gasteiger partial charge in [0.1, 0.15) is 5.75 Å². The molecule has 1 aromatic rings. The van der Waals surface area contributed by atoms with Crippen LogP contribution in [-0.2, 0) is 4.74 Å². The van der Waals surface area contributed by atoms with Crippen LogP contribution in [-0.4, -0.2) is 71.5 Å². The minimum absolute atomic E-state index is 0. The van der Waals surface area contributed by atoms with Gasteiger partial charge in [0, 0.05) is 59.2 Å². The molecule has 0 amide bonds. The van der Waals surface area contributed by atoms with Crippen LogP contribution < -0.4 is 15.0 Å². The van der Waals surface area contributed by atoms with Crippen LogP contribution in [0.15, 0.2) is 29.3 Å². The average molecular weight is 476 g/mol. The van der Waals surface area contributed by atoms with E-state index >= 15 is 0 Å². The second kappa shape index (κ2) is 13.0. The predicted molar refractivity (Wildman–Crippen MR) is 119 cm³/mol. The molecule has 1 heterocycles. The van der Waals surface area contributed by atoms with Crippen molar-refractivity contribution in [1.29, 1.82) is 0 Å². The van der Waals surface area contributed by atoms with Crippen LogP contribution >= 0.6 is 24.0 Å². The lowest BCUT2D eigenvalue weighted by Crippen LogP contribution is -2.52. The fraction of sp³-hybridized carbons (Fsp3) is 0.632. The first-order valence-electron chi connectivity index (χ1n) is 9.12. The average Bonchev–Trinajstić information content (AvgIpc) is 2.68. The van der Waals surface area contributed by atoms with Gasteiger partial charge in [-0.2, -0.15) is 0 Å². The summed E-state index contributed by atoms with van der Waals surface area (Å²) in [4.78, 5) is 9.19. The number of guanidine groups is 1. The van der Waals surface area contributed by atoms with Gasteiger partial charge in [0.05, 0.1) is 7.11 Å². The van der Waals surface area contributed by atoms with E-state index in [1.807, 2.05) is 19.2 Å². The van der Waals surface area contributed by atoms with Gasteiger partial charge in [0.15, 0.2) is 5.96 Å². The lowest BCUT2D eigenvalue weighted by Gasteiger charge is -2.37.